The number of nitrogens with two attached hydrogens (primary N) is 1. The molecule has 16 heavy (non-hydrogen) atoms. The molecule has 3 nitrogen and oxygen atoms in total. The van der Waals surface area contributed by atoms with E-state index in [1.54, 1.807) is 13.0 Å². The van der Waals surface area contributed by atoms with Crippen LogP contribution in [0.5, 0.6) is 0 Å². The average molecular weight is 243 g/mol. The Bertz CT molecular complexity index is 371. The Labute approximate surface area is 98.2 Å². The highest BCUT2D eigenvalue weighted by atomic mass is 32.2. The van der Waals surface area contributed by atoms with Gasteiger partial charge in [-0.2, -0.15) is 0 Å². The van der Waals surface area contributed by atoms with E-state index in [0.717, 1.165) is 5.56 Å². The molecule has 0 radical (unpaired) electrons. The summed E-state index contributed by atoms with van der Waals surface area (Å²) < 4.78 is 17.5. The first kappa shape index (κ1) is 12.8. The van der Waals surface area contributed by atoms with E-state index in [9.17, 15) is 9.18 Å². The van der Waals surface area contributed by atoms with E-state index in [0.29, 0.717) is 18.0 Å². The number of nitrogen functional groups attached to an aromatic ring is 1. The van der Waals surface area contributed by atoms with Gasteiger partial charge in [0.15, 0.2) is 0 Å². The molecule has 0 bridgehead atoms. The number of carbonyl (C=O) groups excluding carboxylic acids is 1. The second-order valence-electron chi connectivity index (χ2n) is 3.14. The molecular formula is C11H14FNO2S. The number of rotatable bonds is 5. The van der Waals surface area contributed by atoms with Crippen molar-refractivity contribution >= 4 is 23.4 Å². The molecule has 1 rings (SSSR count). The first-order chi connectivity index (χ1) is 7.63. The monoisotopic (exact) mass is 243 g/mol. The van der Waals surface area contributed by atoms with E-state index in [1.807, 2.05) is 0 Å². The molecule has 0 unspecified atom stereocenters. The van der Waals surface area contributed by atoms with Gasteiger partial charge >= 0.3 is 5.97 Å². The smallest absolute Gasteiger partial charge is 0.315 e. The minimum atomic E-state index is -0.350. The second-order valence-corrected chi connectivity index (χ2v) is 4.13. The summed E-state index contributed by atoms with van der Waals surface area (Å²) in [6, 6.07) is 4.26. The standard InChI is InChI=1S/C11H14FNO2S/c1-2-15-11(14)7-16-6-8-3-4-9(12)5-10(8)13/h3-5H,2,6-7,13H2,1H3. The molecule has 88 valence electrons. The number of carbonyl (C=O) groups is 1. The van der Waals surface area contributed by atoms with Crippen molar-refractivity contribution < 1.29 is 13.9 Å². The zero-order valence-electron chi connectivity index (χ0n) is 9.03. The fourth-order valence-corrected chi connectivity index (χ4v) is 1.98. The van der Waals surface area contributed by atoms with Gasteiger partial charge in [0.1, 0.15) is 5.82 Å². The molecule has 0 saturated carbocycles. The first-order valence-corrected chi connectivity index (χ1v) is 6.06. The lowest BCUT2D eigenvalue weighted by molar-refractivity contribution is -0.139. The molecule has 0 aliphatic carbocycles. The Balaban J connectivity index is 2.40. The lowest BCUT2D eigenvalue weighted by Gasteiger charge is -2.05. The molecule has 1 aromatic rings. The molecule has 0 spiro atoms. The third-order valence-electron chi connectivity index (χ3n) is 1.89. The van der Waals surface area contributed by atoms with Gasteiger partial charge in [-0.05, 0) is 24.6 Å². The van der Waals surface area contributed by atoms with Crippen LogP contribution >= 0.6 is 11.8 Å². The van der Waals surface area contributed by atoms with Gasteiger partial charge in [-0.3, -0.25) is 4.79 Å². The van der Waals surface area contributed by atoms with Crippen LogP contribution in [0.15, 0.2) is 18.2 Å². The van der Waals surface area contributed by atoms with E-state index in [4.69, 9.17) is 10.5 Å². The maximum Gasteiger partial charge on any atom is 0.315 e. The molecular weight excluding hydrogens is 229 g/mol. The number of hydrogen-bond acceptors (Lipinski definition) is 4. The summed E-state index contributed by atoms with van der Waals surface area (Å²) in [7, 11) is 0. The van der Waals surface area contributed by atoms with Gasteiger partial charge < -0.3 is 10.5 Å². The molecule has 5 heteroatoms. The highest BCUT2D eigenvalue weighted by molar-refractivity contribution is 7.99. The van der Waals surface area contributed by atoms with Crippen LogP contribution < -0.4 is 5.73 Å². The predicted octanol–water partition coefficient (Wildman–Crippen LogP) is 2.20. The molecule has 0 atom stereocenters. The third kappa shape index (κ3) is 4.10. The quantitative estimate of drug-likeness (QED) is 0.636. The molecule has 0 aromatic heterocycles. The number of halogens is 1. The molecule has 0 saturated heterocycles. The SMILES string of the molecule is CCOC(=O)CSCc1ccc(F)cc1N. The molecule has 0 heterocycles. The Morgan fingerprint density at radius 1 is 1.56 bits per heavy atom. The van der Waals surface area contributed by atoms with Crippen molar-refractivity contribution in [2.45, 2.75) is 12.7 Å². The van der Waals surface area contributed by atoms with Crippen LogP contribution in [-0.2, 0) is 15.3 Å². The van der Waals surface area contributed by atoms with Crippen LogP contribution in [0.4, 0.5) is 10.1 Å². The Morgan fingerprint density at radius 2 is 2.31 bits per heavy atom. The van der Waals surface area contributed by atoms with Gasteiger partial charge in [0.05, 0.1) is 12.4 Å². The van der Waals surface area contributed by atoms with Gasteiger partial charge in [0.2, 0.25) is 0 Å². The Morgan fingerprint density at radius 3 is 2.94 bits per heavy atom. The predicted molar refractivity (Wildman–Crippen MR) is 63.6 cm³/mol. The lowest BCUT2D eigenvalue weighted by atomic mass is 10.2. The van der Waals surface area contributed by atoms with Gasteiger partial charge in [-0.25, -0.2) is 4.39 Å². The highest BCUT2D eigenvalue weighted by Crippen LogP contribution is 2.19. The van der Waals surface area contributed by atoms with Gasteiger partial charge in [-0.15, -0.1) is 11.8 Å². The largest absolute Gasteiger partial charge is 0.465 e. The van der Waals surface area contributed by atoms with Crippen molar-refractivity contribution in [3.63, 3.8) is 0 Å². The summed E-state index contributed by atoms with van der Waals surface area (Å²) in [6.07, 6.45) is 0. The van der Waals surface area contributed by atoms with Crippen LogP contribution in [0.2, 0.25) is 0 Å². The van der Waals surface area contributed by atoms with Crippen molar-refractivity contribution in [3.05, 3.63) is 29.6 Å². The zero-order valence-corrected chi connectivity index (χ0v) is 9.85. The van der Waals surface area contributed by atoms with Crippen molar-refractivity contribution in [2.24, 2.45) is 0 Å². The van der Waals surface area contributed by atoms with Crippen molar-refractivity contribution in [1.29, 1.82) is 0 Å². The van der Waals surface area contributed by atoms with Crippen LogP contribution in [-0.4, -0.2) is 18.3 Å². The lowest BCUT2D eigenvalue weighted by Crippen LogP contribution is -2.07. The Hall–Kier alpha value is -1.23. The summed E-state index contributed by atoms with van der Waals surface area (Å²) in [6.45, 7) is 2.15. The maximum atomic E-state index is 12.7. The summed E-state index contributed by atoms with van der Waals surface area (Å²) in [4.78, 5) is 11.0. The summed E-state index contributed by atoms with van der Waals surface area (Å²) >= 11 is 1.40. The van der Waals surface area contributed by atoms with Crippen LogP contribution in [0.25, 0.3) is 0 Å². The van der Waals surface area contributed by atoms with Crippen molar-refractivity contribution in [3.8, 4) is 0 Å². The molecule has 0 fully saturated rings. The molecule has 1 aromatic carbocycles. The van der Waals surface area contributed by atoms with Gasteiger partial charge in [0, 0.05) is 11.4 Å². The topological polar surface area (TPSA) is 52.3 Å². The summed E-state index contributed by atoms with van der Waals surface area (Å²) in [5.74, 6) is 0.264. The third-order valence-corrected chi connectivity index (χ3v) is 2.85. The highest BCUT2D eigenvalue weighted by Gasteiger charge is 2.04. The van der Waals surface area contributed by atoms with Crippen LogP contribution in [0.3, 0.4) is 0 Å². The Kier molecular flexibility index (Phi) is 5.11. The van der Waals surface area contributed by atoms with E-state index in [1.165, 1.54) is 23.9 Å². The minimum Gasteiger partial charge on any atom is -0.465 e. The number of ether oxygens (including phenoxy) is 1. The fourth-order valence-electron chi connectivity index (χ4n) is 1.14. The number of thioether (sulfide) groups is 1. The number of benzene rings is 1. The number of hydrogen-bond donors (Lipinski definition) is 1. The van der Waals surface area contributed by atoms with Gasteiger partial charge in [0.25, 0.3) is 0 Å². The minimum absolute atomic E-state index is 0.242. The molecule has 0 aliphatic rings. The molecule has 0 aliphatic heterocycles. The normalized spacial score (nSPS) is 10.1. The van der Waals surface area contributed by atoms with E-state index >= 15 is 0 Å². The van der Waals surface area contributed by atoms with Gasteiger partial charge in [-0.1, -0.05) is 6.07 Å². The van der Waals surface area contributed by atoms with Crippen LogP contribution in [0, 0.1) is 5.82 Å². The average Bonchev–Trinajstić information content (AvgIpc) is 2.22. The fraction of sp³-hybridized carbons (Fsp3) is 0.364. The first-order valence-electron chi connectivity index (χ1n) is 4.90. The van der Waals surface area contributed by atoms with Crippen molar-refractivity contribution in [2.75, 3.05) is 18.1 Å². The summed E-state index contributed by atoms with van der Waals surface area (Å²) in [5.41, 5.74) is 6.87. The van der Waals surface area contributed by atoms with Crippen molar-refractivity contribution in [1.82, 2.24) is 0 Å². The number of anilines is 1. The number of esters is 1. The zero-order chi connectivity index (χ0) is 12.0. The van der Waals surface area contributed by atoms with E-state index < -0.39 is 0 Å². The summed E-state index contributed by atoms with van der Waals surface area (Å²) in [5, 5.41) is 0. The molecule has 0 amide bonds. The molecule has 2 N–H and O–H groups in total. The van der Waals surface area contributed by atoms with E-state index in [-0.39, 0.29) is 17.5 Å². The van der Waals surface area contributed by atoms with E-state index in [2.05, 4.69) is 0 Å². The second kappa shape index (κ2) is 6.37. The van der Waals surface area contributed by atoms with Crippen LogP contribution in [0.1, 0.15) is 12.5 Å². The maximum absolute atomic E-state index is 12.7.